The summed E-state index contributed by atoms with van der Waals surface area (Å²) >= 11 is 1.40. The number of nitrogens with zero attached hydrogens (tertiary/aromatic N) is 2. The molecule has 30 heavy (non-hydrogen) atoms. The minimum atomic E-state index is -0.453. The number of rotatable bonds is 3. The molecule has 1 fully saturated rings. The summed E-state index contributed by atoms with van der Waals surface area (Å²) in [6.45, 7) is 9.23. The van der Waals surface area contributed by atoms with Crippen molar-refractivity contribution in [3.05, 3.63) is 46.6 Å². The van der Waals surface area contributed by atoms with E-state index in [9.17, 15) is 9.59 Å². The zero-order chi connectivity index (χ0) is 21.3. The standard InChI is InChI=1S/C21H25N5O3S/c1-21(2,3)14-5-4-13-10-16(22-15(13)11-14)18(27)24-25-19(28)17-12-30-20(23-17)26-6-8-29-9-7-26/h4-5,10-12,22H,6-9H2,1-3H3,(H,24,27)(H,25,28). The van der Waals surface area contributed by atoms with Gasteiger partial charge in [-0.1, -0.05) is 32.9 Å². The number of nitrogens with one attached hydrogen (secondary N) is 3. The van der Waals surface area contributed by atoms with E-state index in [1.54, 1.807) is 11.4 Å². The fraction of sp³-hybridized carbons (Fsp3) is 0.381. The van der Waals surface area contributed by atoms with Gasteiger partial charge in [-0.05, 0) is 23.1 Å². The summed E-state index contributed by atoms with van der Waals surface area (Å²) in [6, 6.07) is 7.87. The van der Waals surface area contributed by atoms with E-state index in [4.69, 9.17) is 4.74 Å². The van der Waals surface area contributed by atoms with Gasteiger partial charge in [0.05, 0.1) is 13.2 Å². The van der Waals surface area contributed by atoms with Crippen LogP contribution in [0.5, 0.6) is 0 Å². The molecule has 0 saturated carbocycles. The summed E-state index contributed by atoms with van der Waals surface area (Å²) in [5, 5.41) is 3.40. The first-order valence-electron chi connectivity index (χ1n) is 9.83. The third kappa shape index (κ3) is 4.31. The van der Waals surface area contributed by atoms with E-state index < -0.39 is 11.8 Å². The van der Waals surface area contributed by atoms with E-state index in [2.05, 4.69) is 52.6 Å². The Balaban J connectivity index is 1.39. The van der Waals surface area contributed by atoms with Gasteiger partial charge in [0.2, 0.25) is 0 Å². The van der Waals surface area contributed by atoms with Crippen LogP contribution >= 0.6 is 11.3 Å². The lowest BCUT2D eigenvalue weighted by molar-refractivity contribution is 0.0842. The first-order valence-corrected chi connectivity index (χ1v) is 10.7. The summed E-state index contributed by atoms with van der Waals surface area (Å²) < 4.78 is 5.33. The molecule has 2 aromatic heterocycles. The van der Waals surface area contributed by atoms with Gasteiger partial charge < -0.3 is 14.6 Å². The quantitative estimate of drug-likeness (QED) is 0.558. The van der Waals surface area contributed by atoms with Crippen LogP contribution in [0.25, 0.3) is 10.9 Å². The largest absolute Gasteiger partial charge is 0.378 e. The molecule has 0 bridgehead atoms. The Bertz CT molecular complexity index is 1080. The fourth-order valence-electron chi connectivity index (χ4n) is 3.23. The first kappa shape index (κ1) is 20.4. The van der Waals surface area contributed by atoms with E-state index in [1.165, 1.54) is 16.9 Å². The number of hydrogen-bond acceptors (Lipinski definition) is 6. The molecule has 0 spiro atoms. The number of thiazole rings is 1. The molecule has 1 aliphatic heterocycles. The molecule has 1 aromatic carbocycles. The number of hydrogen-bond donors (Lipinski definition) is 3. The van der Waals surface area contributed by atoms with Crippen LogP contribution in [0.3, 0.4) is 0 Å². The summed E-state index contributed by atoms with van der Waals surface area (Å²) in [5.41, 5.74) is 7.62. The molecule has 158 valence electrons. The van der Waals surface area contributed by atoms with Crippen molar-refractivity contribution >= 4 is 39.2 Å². The van der Waals surface area contributed by atoms with Gasteiger partial charge in [0.15, 0.2) is 5.13 Å². The van der Waals surface area contributed by atoms with Gasteiger partial charge in [-0.25, -0.2) is 4.98 Å². The van der Waals surface area contributed by atoms with E-state index in [1.807, 2.05) is 12.1 Å². The van der Waals surface area contributed by atoms with Crippen LogP contribution in [0, 0.1) is 0 Å². The summed E-state index contributed by atoms with van der Waals surface area (Å²) in [6.07, 6.45) is 0. The average Bonchev–Trinajstić information content (AvgIpc) is 3.38. The van der Waals surface area contributed by atoms with Crippen molar-refractivity contribution in [1.82, 2.24) is 20.8 Å². The Kier molecular flexibility index (Phi) is 5.48. The van der Waals surface area contributed by atoms with Crippen molar-refractivity contribution < 1.29 is 14.3 Å². The fourth-order valence-corrected chi connectivity index (χ4v) is 4.09. The molecule has 0 radical (unpaired) electrons. The van der Waals surface area contributed by atoms with E-state index in [0.29, 0.717) is 18.9 Å². The van der Waals surface area contributed by atoms with Crippen LogP contribution in [0.15, 0.2) is 29.6 Å². The number of amides is 2. The van der Waals surface area contributed by atoms with Crippen LogP contribution in [-0.2, 0) is 10.2 Å². The van der Waals surface area contributed by atoms with Gasteiger partial charge in [0.1, 0.15) is 11.4 Å². The van der Waals surface area contributed by atoms with Crippen LogP contribution in [-0.4, -0.2) is 48.1 Å². The predicted octanol–water partition coefficient (Wildman–Crippen LogP) is 2.83. The Morgan fingerprint density at radius 2 is 1.87 bits per heavy atom. The average molecular weight is 428 g/mol. The first-order chi connectivity index (χ1) is 14.3. The highest BCUT2D eigenvalue weighted by Gasteiger charge is 2.19. The number of H-pyrrole nitrogens is 1. The molecule has 2 amide bonds. The molecule has 8 nitrogen and oxygen atoms in total. The molecule has 1 saturated heterocycles. The van der Waals surface area contributed by atoms with E-state index in [-0.39, 0.29) is 11.1 Å². The van der Waals surface area contributed by atoms with Gasteiger partial charge in [-0.2, -0.15) is 0 Å². The number of morpholine rings is 1. The summed E-state index contributed by atoms with van der Waals surface area (Å²) in [4.78, 5) is 34.4. The van der Waals surface area contributed by atoms with Crippen molar-refractivity contribution in [3.8, 4) is 0 Å². The number of aromatic nitrogens is 2. The van der Waals surface area contributed by atoms with Crippen molar-refractivity contribution in [2.75, 3.05) is 31.2 Å². The van der Waals surface area contributed by atoms with Crippen LogP contribution < -0.4 is 15.8 Å². The summed E-state index contributed by atoms with van der Waals surface area (Å²) in [5.74, 6) is -0.870. The Morgan fingerprint density at radius 1 is 1.13 bits per heavy atom. The lowest BCUT2D eigenvalue weighted by Gasteiger charge is -2.25. The zero-order valence-electron chi connectivity index (χ0n) is 17.2. The molecule has 3 heterocycles. The maximum atomic E-state index is 12.5. The number of benzene rings is 1. The molecule has 9 heteroatoms. The highest BCUT2D eigenvalue weighted by molar-refractivity contribution is 7.13. The second-order valence-corrected chi connectivity index (χ2v) is 9.09. The van der Waals surface area contributed by atoms with Crippen LogP contribution in [0.4, 0.5) is 5.13 Å². The zero-order valence-corrected chi connectivity index (χ0v) is 18.1. The molecule has 0 unspecified atom stereocenters. The molecule has 3 N–H and O–H groups in total. The normalized spacial score (nSPS) is 14.7. The minimum absolute atomic E-state index is 0.0172. The molecular weight excluding hydrogens is 402 g/mol. The third-order valence-electron chi connectivity index (χ3n) is 5.03. The number of aromatic amines is 1. The number of carbonyl (C=O) groups is 2. The molecule has 0 atom stereocenters. The van der Waals surface area contributed by atoms with Gasteiger partial charge in [0.25, 0.3) is 11.8 Å². The van der Waals surface area contributed by atoms with Gasteiger partial charge in [-0.3, -0.25) is 20.4 Å². The lowest BCUT2D eigenvalue weighted by Crippen LogP contribution is -2.42. The summed E-state index contributed by atoms with van der Waals surface area (Å²) in [7, 11) is 0. The highest BCUT2D eigenvalue weighted by atomic mass is 32.1. The second kappa shape index (κ2) is 8.08. The number of ether oxygens (including phenoxy) is 1. The van der Waals surface area contributed by atoms with Gasteiger partial charge >= 0.3 is 0 Å². The van der Waals surface area contributed by atoms with Crippen molar-refractivity contribution in [3.63, 3.8) is 0 Å². The number of fused-ring (bicyclic) bond motifs is 1. The Labute approximate surface area is 178 Å². The van der Waals surface area contributed by atoms with E-state index in [0.717, 1.165) is 29.1 Å². The Hall–Kier alpha value is -2.91. The maximum Gasteiger partial charge on any atom is 0.289 e. The SMILES string of the molecule is CC(C)(C)c1ccc2cc(C(=O)NNC(=O)c3csc(N4CCOCC4)n3)[nH]c2c1. The van der Waals surface area contributed by atoms with Gasteiger partial charge in [0, 0.05) is 29.4 Å². The molecule has 3 aromatic rings. The van der Waals surface area contributed by atoms with Crippen LogP contribution in [0.1, 0.15) is 47.3 Å². The molecule has 1 aliphatic rings. The number of carbonyl (C=O) groups excluding carboxylic acids is 2. The maximum absolute atomic E-state index is 12.5. The highest BCUT2D eigenvalue weighted by Crippen LogP contribution is 2.26. The second-order valence-electron chi connectivity index (χ2n) is 8.26. The molecule has 0 aliphatic carbocycles. The molecule has 4 rings (SSSR count). The lowest BCUT2D eigenvalue weighted by atomic mass is 9.87. The van der Waals surface area contributed by atoms with Crippen molar-refractivity contribution in [1.29, 1.82) is 0 Å². The monoisotopic (exact) mass is 427 g/mol. The van der Waals surface area contributed by atoms with E-state index >= 15 is 0 Å². The smallest absolute Gasteiger partial charge is 0.289 e. The topological polar surface area (TPSA) is 99.3 Å². The van der Waals surface area contributed by atoms with Crippen LogP contribution in [0.2, 0.25) is 0 Å². The van der Waals surface area contributed by atoms with Gasteiger partial charge in [-0.15, -0.1) is 11.3 Å². The predicted molar refractivity (Wildman–Crippen MR) is 117 cm³/mol. The Morgan fingerprint density at radius 3 is 2.60 bits per heavy atom. The number of anilines is 1. The minimum Gasteiger partial charge on any atom is -0.378 e. The van der Waals surface area contributed by atoms with Crippen molar-refractivity contribution in [2.24, 2.45) is 0 Å². The molecular formula is C21H25N5O3S. The number of hydrazine groups is 1. The third-order valence-corrected chi connectivity index (χ3v) is 5.93. The van der Waals surface area contributed by atoms with Crippen molar-refractivity contribution in [2.45, 2.75) is 26.2 Å².